The first-order valence-corrected chi connectivity index (χ1v) is 14.5. The maximum atomic E-state index is 12.8. The summed E-state index contributed by atoms with van der Waals surface area (Å²) in [5.74, 6) is -1.33. The number of aryl methyl sites for hydroxylation is 1. The van der Waals surface area contributed by atoms with Gasteiger partial charge >= 0.3 is 10.1 Å². The molecule has 0 spiro atoms. The summed E-state index contributed by atoms with van der Waals surface area (Å²) in [6.45, 7) is 5.35. The van der Waals surface area contributed by atoms with Gasteiger partial charge in [0.25, 0.3) is 5.91 Å². The number of nitrogens with zero attached hydrogens (tertiary/aromatic N) is 3. The second-order valence-corrected chi connectivity index (χ2v) is 12.7. The van der Waals surface area contributed by atoms with E-state index in [1.807, 2.05) is 6.92 Å². The standard InChI is InChI=1S/C23H22N4O6S3/c1-14(2)13-35(29,30)23-26-34-22-25-21(28)19(20(24)27(22)23)12-16-6-8-17(9-7-16)33-36(31,32)18-10-4-15(3)5-11-18/h4-12,14,24H,13H2,1-3H3/b19-12-,24-20?. The molecule has 0 bridgehead atoms. The van der Waals surface area contributed by atoms with Gasteiger partial charge in [0, 0.05) is 0 Å². The van der Waals surface area contributed by atoms with Crippen molar-refractivity contribution in [3.63, 3.8) is 0 Å². The average Bonchev–Trinajstić information content (AvgIpc) is 3.22. The van der Waals surface area contributed by atoms with Crippen LogP contribution in [0.5, 0.6) is 5.75 Å². The number of rotatable bonds is 6. The van der Waals surface area contributed by atoms with Crippen LogP contribution < -0.4 is 4.18 Å². The molecule has 1 amide bonds. The van der Waals surface area contributed by atoms with Crippen molar-refractivity contribution in [2.45, 2.75) is 25.7 Å². The predicted molar refractivity (Wildman–Crippen MR) is 139 cm³/mol. The smallest absolute Gasteiger partial charge is 0.339 e. The lowest BCUT2D eigenvalue weighted by atomic mass is 10.1. The van der Waals surface area contributed by atoms with Crippen molar-refractivity contribution in [2.75, 3.05) is 5.75 Å². The molecule has 36 heavy (non-hydrogen) atoms. The van der Waals surface area contributed by atoms with Crippen molar-refractivity contribution in [3.05, 3.63) is 65.2 Å². The maximum Gasteiger partial charge on any atom is 0.339 e. The molecule has 0 atom stereocenters. The average molecular weight is 547 g/mol. The molecule has 0 saturated carbocycles. The molecular weight excluding hydrogens is 524 g/mol. The van der Waals surface area contributed by atoms with Gasteiger partial charge in [-0.15, -0.1) is 0 Å². The van der Waals surface area contributed by atoms with E-state index in [9.17, 15) is 21.6 Å². The Morgan fingerprint density at radius 2 is 1.69 bits per heavy atom. The van der Waals surface area contributed by atoms with Gasteiger partial charge in [-0.3, -0.25) is 10.2 Å². The number of benzene rings is 2. The second kappa shape index (κ2) is 9.64. The van der Waals surface area contributed by atoms with Gasteiger partial charge in [-0.1, -0.05) is 43.7 Å². The zero-order valence-corrected chi connectivity index (χ0v) is 21.9. The van der Waals surface area contributed by atoms with Crippen LogP contribution in [0.4, 0.5) is 0 Å². The molecule has 2 aromatic rings. The summed E-state index contributed by atoms with van der Waals surface area (Å²) in [5, 5.41) is 8.19. The molecule has 1 N–H and O–H groups in total. The number of carbonyl (C=O) groups is 1. The molecule has 10 nitrogen and oxygen atoms in total. The van der Waals surface area contributed by atoms with E-state index in [1.165, 1.54) is 42.5 Å². The number of fused-ring (bicyclic) bond motifs is 1. The first kappa shape index (κ1) is 25.8. The van der Waals surface area contributed by atoms with E-state index in [1.54, 1.807) is 26.0 Å². The van der Waals surface area contributed by atoms with E-state index in [2.05, 4.69) is 9.39 Å². The van der Waals surface area contributed by atoms with Crippen molar-refractivity contribution >= 4 is 60.1 Å². The largest absolute Gasteiger partial charge is 0.379 e. The van der Waals surface area contributed by atoms with Crippen LogP contribution in [0.1, 0.15) is 25.0 Å². The van der Waals surface area contributed by atoms with Crippen LogP contribution >= 0.6 is 11.9 Å². The SMILES string of the molecule is Cc1ccc(S(=O)(=O)Oc2ccc(/C=C3/C(=N)N4C(=NC3=O)SN=C4S(=O)(=O)CC(C)C)cc2)cc1. The van der Waals surface area contributed by atoms with Crippen molar-refractivity contribution in [2.24, 2.45) is 15.3 Å². The Morgan fingerprint density at radius 1 is 1.06 bits per heavy atom. The Balaban J connectivity index is 1.57. The first-order chi connectivity index (χ1) is 16.9. The highest BCUT2D eigenvalue weighted by Gasteiger charge is 2.42. The minimum atomic E-state index is -4.03. The number of hydrogen-bond acceptors (Lipinski definition) is 9. The summed E-state index contributed by atoms with van der Waals surface area (Å²) in [6, 6.07) is 12.1. The van der Waals surface area contributed by atoms with E-state index in [4.69, 9.17) is 9.59 Å². The summed E-state index contributed by atoms with van der Waals surface area (Å²) in [4.78, 5) is 17.5. The monoisotopic (exact) mass is 546 g/mol. The summed E-state index contributed by atoms with van der Waals surface area (Å²) < 4.78 is 59.6. The van der Waals surface area contributed by atoms with Crippen LogP contribution in [0.2, 0.25) is 0 Å². The minimum absolute atomic E-state index is 0.00883. The lowest BCUT2D eigenvalue weighted by Crippen LogP contribution is -2.46. The van der Waals surface area contributed by atoms with Gasteiger partial charge in [-0.05, 0) is 48.7 Å². The zero-order chi connectivity index (χ0) is 26.3. The van der Waals surface area contributed by atoms with E-state index in [-0.39, 0.29) is 44.1 Å². The number of nitrogens with one attached hydrogen (secondary N) is 1. The van der Waals surface area contributed by atoms with Gasteiger partial charge in [0.2, 0.25) is 20.2 Å². The highest BCUT2D eigenvalue weighted by Crippen LogP contribution is 2.31. The van der Waals surface area contributed by atoms with E-state index in [0.29, 0.717) is 5.56 Å². The molecule has 0 fully saturated rings. The van der Waals surface area contributed by atoms with Gasteiger partial charge in [-0.25, -0.2) is 13.3 Å². The van der Waals surface area contributed by atoms with Crippen LogP contribution in [0.3, 0.4) is 0 Å². The molecule has 0 aromatic heterocycles. The van der Waals surface area contributed by atoms with Crippen LogP contribution in [0.15, 0.2) is 68.4 Å². The summed E-state index contributed by atoms with van der Waals surface area (Å²) in [7, 11) is -7.83. The maximum absolute atomic E-state index is 12.8. The molecule has 0 radical (unpaired) electrons. The summed E-state index contributed by atoms with van der Waals surface area (Å²) >= 11 is 0.733. The molecule has 0 saturated heterocycles. The Labute approximate surface area is 213 Å². The van der Waals surface area contributed by atoms with Crippen molar-refractivity contribution in [1.82, 2.24) is 4.90 Å². The fourth-order valence-electron chi connectivity index (χ4n) is 3.38. The summed E-state index contributed by atoms with van der Waals surface area (Å²) in [6.07, 6.45) is 1.37. The highest BCUT2D eigenvalue weighted by atomic mass is 32.2. The van der Waals surface area contributed by atoms with Gasteiger partial charge in [-0.2, -0.15) is 17.8 Å². The molecule has 2 heterocycles. The van der Waals surface area contributed by atoms with Crippen molar-refractivity contribution in [1.29, 1.82) is 5.41 Å². The Morgan fingerprint density at radius 3 is 2.31 bits per heavy atom. The van der Waals surface area contributed by atoms with E-state index in [0.717, 1.165) is 22.4 Å². The number of carbonyl (C=O) groups excluding carboxylic acids is 1. The lowest BCUT2D eigenvalue weighted by Gasteiger charge is -2.24. The predicted octanol–water partition coefficient (Wildman–Crippen LogP) is 3.41. The number of hydrogen-bond donors (Lipinski definition) is 1. The molecular formula is C23H22N4O6S3. The van der Waals surface area contributed by atoms with Crippen LogP contribution in [0.25, 0.3) is 6.08 Å². The quantitative estimate of drug-likeness (QED) is 0.329. The Bertz CT molecular complexity index is 1540. The van der Waals surface area contributed by atoms with Crippen LogP contribution in [-0.4, -0.2) is 49.6 Å². The fraction of sp³-hybridized carbons (Fsp3) is 0.217. The zero-order valence-electron chi connectivity index (χ0n) is 19.5. The van der Waals surface area contributed by atoms with Crippen LogP contribution in [0, 0.1) is 18.3 Å². The molecule has 0 aliphatic carbocycles. The van der Waals surface area contributed by atoms with E-state index >= 15 is 0 Å². The normalized spacial score (nSPS) is 17.3. The van der Waals surface area contributed by atoms with Crippen molar-refractivity contribution in [3.8, 4) is 5.75 Å². The third-order valence-corrected chi connectivity index (χ3v) is 9.05. The van der Waals surface area contributed by atoms with Gasteiger partial charge in [0.05, 0.1) is 23.3 Å². The first-order valence-electron chi connectivity index (χ1n) is 10.7. The van der Waals surface area contributed by atoms with E-state index < -0.39 is 25.9 Å². The topological polar surface area (TPSA) is 146 Å². The van der Waals surface area contributed by atoms with Crippen LogP contribution in [-0.2, 0) is 24.7 Å². The fourth-order valence-corrected chi connectivity index (χ4v) is 7.04. The molecule has 2 aromatic carbocycles. The summed E-state index contributed by atoms with van der Waals surface area (Å²) in [5.41, 5.74) is 1.24. The molecule has 4 rings (SSSR count). The molecule has 13 heteroatoms. The molecule has 2 aliphatic heterocycles. The van der Waals surface area contributed by atoms with Gasteiger partial charge in [0.15, 0.2) is 0 Å². The Kier molecular flexibility index (Phi) is 6.90. The third-order valence-electron chi connectivity index (χ3n) is 5.03. The molecule has 188 valence electrons. The van der Waals surface area contributed by atoms with Gasteiger partial charge < -0.3 is 4.18 Å². The number of aliphatic imine (C=N–C) groups is 1. The number of amidine groups is 3. The Hall–Kier alpha value is -3.29. The molecule has 2 aliphatic rings. The number of amides is 1. The molecule has 0 unspecified atom stereocenters. The second-order valence-electron chi connectivity index (χ2n) is 8.50. The minimum Gasteiger partial charge on any atom is -0.379 e. The number of sulfone groups is 1. The van der Waals surface area contributed by atoms with Gasteiger partial charge in [0.1, 0.15) is 16.5 Å². The lowest BCUT2D eigenvalue weighted by molar-refractivity contribution is -0.114. The highest BCUT2D eigenvalue weighted by molar-refractivity contribution is 8.16. The third kappa shape index (κ3) is 5.27. The van der Waals surface area contributed by atoms with Crippen molar-refractivity contribution < 1.29 is 25.8 Å².